The maximum atomic E-state index is 5.98. The predicted octanol–water partition coefficient (Wildman–Crippen LogP) is 6.41. The van der Waals surface area contributed by atoms with Crippen molar-refractivity contribution in [3.8, 4) is 0 Å². The average Bonchev–Trinajstić information content (AvgIpc) is 2.61. The Morgan fingerprint density at radius 1 is 0.875 bits per heavy atom. The first-order chi connectivity index (χ1) is 11.5. The lowest BCUT2D eigenvalue weighted by Gasteiger charge is -2.10. The van der Waals surface area contributed by atoms with Gasteiger partial charge in [-0.15, -0.1) is 0 Å². The van der Waals surface area contributed by atoms with Crippen LogP contribution >= 0.6 is 0 Å². The van der Waals surface area contributed by atoms with Crippen LogP contribution in [0.15, 0.2) is 48.8 Å². The molecule has 0 spiro atoms. The molecular formula is C22H32BN. The monoisotopic (exact) mass is 321 g/mol. The minimum atomic E-state index is 0.228. The summed E-state index contributed by atoms with van der Waals surface area (Å²) in [6.07, 6.45) is 7.45. The summed E-state index contributed by atoms with van der Waals surface area (Å²) < 4.78 is 0. The van der Waals surface area contributed by atoms with E-state index in [2.05, 4.69) is 57.8 Å². The molecule has 1 aromatic carbocycles. The molecule has 128 valence electrons. The Hall–Kier alpha value is -1.57. The quantitative estimate of drug-likeness (QED) is 0.560. The van der Waals surface area contributed by atoms with E-state index in [-0.39, 0.29) is 5.82 Å². The van der Waals surface area contributed by atoms with Gasteiger partial charge in [0.05, 0.1) is 7.85 Å². The number of aromatic nitrogens is 1. The normalized spacial score (nSPS) is 12.0. The highest BCUT2D eigenvalue weighted by atomic mass is 14.6. The molecule has 1 unspecified atom stereocenters. The van der Waals surface area contributed by atoms with Crippen LogP contribution < -0.4 is 0 Å². The van der Waals surface area contributed by atoms with Gasteiger partial charge in [0, 0.05) is 12.4 Å². The summed E-state index contributed by atoms with van der Waals surface area (Å²) in [4.78, 5) is 4.23. The molecule has 0 amide bonds. The van der Waals surface area contributed by atoms with E-state index in [1.54, 1.807) is 0 Å². The van der Waals surface area contributed by atoms with Gasteiger partial charge in [-0.25, -0.2) is 0 Å². The SMILES string of the molecule is CC(C)c1cncc(C(C)C)c1.[B]C(CCCC)c1ccccc1. The van der Waals surface area contributed by atoms with Crippen LogP contribution in [-0.4, -0.2) is 12.8 Å². The Balaban J connectivity index is 0.000000240. The largest absolute Gasteiger partial charge is 0.264 e. The second kappa shape index (κ2) is 11.1. The van der Waals surface area contributed by atoms with Crippen molar-refractivity contribution in [2.45, 2.75) is 71.5 Å². The standard InChI is InChI=1S/C11H15B.C11H17N/c1-2-3-9-11(12)10-7-5-4-6-8-10;1-8(2)10-5-11(9(3)4)7-12-6-10/h4-8,11H,2-3,9H2,1H3;5-9H,1-4H3. The van der Waals surface area contributed by atoms with Gasteiger partial charge in [-0.1, -0.05) is 102 Å². The fourth-order valence-electron chi connectivity index (χ4n) is 2.40. The lowest BCUT2D eigenvalue weighted by atomic mass is 9.78. The van der Waals surface area contributed by atoms with Crippen molar-refractivity contribution in [3.63, 3.8) is 0 Å². The molecule has 0 fully saturated rings. The minimum absolute atomic E-state index is 0.228. The van der Waals surface area contributed by atoms with Crippen LogP contribution in [0.3, 0.4) is 0 Å². The molecule has 1 atom stereocenters. The Kier molecular flexibility index (Phi) is 9.45. The molecule has 0 aliphatic heterocycles. The van der Waals surface area contributed by atoms with Crippen LogP contribution in [0.4, 0.5) is 0 Å². The molecule has 2 aromatic rings. The second-order valence-corrected chi connectivity index (χ2v) is 7.02. The van der Waals surface area contributed by atoms with Gasteiger partial charge in [0.15, 0.2) is 0 Å². The van der Waals surface area contributed by atoms with Gasteiger partial charge in [-0.2, -0.15) is 0 Å². The molecule has 0 N–H and O–H groups in total. The molecule has 1 nitrogen and oxygen atoms in total. The Bertz CT molecular complexity index is 540. The van der Waals surface area contributed by atoms with Crippen molar-refractivity contribution >= 4 is 7.85 Å². The number of benzene rings is 1. The van der Waals surface area contributed by atoms with Crippen LogP contribution in [0.25, 0.3) is 0 Å². The summed E-state index contributed by atoms with van der Waals surface area (Å²) in [6.45, 7) is 11.0. The first-order valence-electron chi connectivity index (χ1n) is 9.21. The molecular weight excluding hydrogens is 289 g/mol. The average molecular weight is 321 g/mol. The number of pyridine rings is 1. The third-order valence-corrected chi connectivity index (χ3v) is 4.21. The lowest BCUT2D eigenvalue weighted by molar-refractivity contribution is 0.700. The van der Waals surface area contributed by atoms with Crippen LogP contribution in [0, 0.1) is 0 Å². The Morgan fingerprint density at radius 2 is 1.42 bits per heavy atom. The van der Waals surface area contributed by atoms with Gasteiger partial charge in [0.25, 0.3) is 0 Å². The maximum Gasteiger partial charge on any atom is 0.0763 e. The third kappa shape index (κ3) is 7.34. The van der Waals surface area contributed by atoms with E-state index < -0.39 is 0 Å². The van der Waals surface area contributed by atoms with Gasteiger partial charge in [0.1, 0.15) is 0 Å². The van der Waals surface area contributed by atoms with Gasteiger partial charge in [0.2, 0.25) is 0 Å². The number of unbranched alkanes of at least 4 members (excludes halogenated alkanes) is 1. The molecule has 2 radical (unpaired) electrons. The van der Waals surface area contributed by atoms with E-state index in [4.69, 9.17) is 7.85 Å². The van der Waals surface area contributed by atoms with Crippen molar-refractivity contribution in [2.75, 3.05) is 0 Å². The van der Waals surface area contributed by atoms with Gasteiger partial charge >= 0.3 is 0 Å². The molecule has 0 aliphatic rings. The number of rotatable bonds is 6. The highest BCUT2D eigenvalue weighted by molar-refractivity contribution is 6.12. The van der Waals surface area contributed by atoms with Gasteiger partial charge in [-0.05, 0) is 23.0 Å². The molecule has 0 saturated carbocycles. The highest BCUT2D eigenvalue weighted by Crippen LogP contribution is 2.19. The summed E-state index contributed by atoms with van der Waals surface area (Å²) in [5.74, 6) is 1.39. The zero-order valence-corrected chi connectivity index (χ0v) is 16.0. The predicted molar refractivity (Wildman–Crippen MR) is 107 cm³/mol. The van der Waals surface area contributed by atoms with Crippen LogP contribution in [0.2, 0.25) is 0 Å². The van der Waals surface area contributed by atoms with Crippen molar-refractivity contribution in [2.24, 2.45) is 0 Å². The Morgan fingerprint density at radius 3 is 1.88 bits per heavy atom. The molecule has 2 rings (SSSR count). The van der Waals surface area contributed by atoms with Crippen LogP contribution in [0.5, 0.6) is 0 Å². The summed E-state index contributed by atoms with van der Waals surface area (Å²) in [7, 11) is 5.98. The van der Waals surface area contributed by atoms with E-state index in [0.717, 1.165) is 6.42 Å². The van der Waals surface area contributed by atoms with E-state index in [1.165, 1.54) is 29.5 Å². The van der Waals surface area contributed by atoms with Crippen LogP contribution in [0.1, 0.15) is 88.2 Å². The maximum absolute atomic E-state index is 5.98. The summed E-state index contributed by atoms with van der Waals surface area (Å²) in [5.41, 5.74) is 3.92. The Labute approximate surface area is 150 Å². The van der Waals surface area contributed by atoms with Crippen molar-refractivity contribution in [1.82, 2.24) is 4.98 Å². The topological polar surface area (TPSA) is 12.9 Å². The number of nitrogens with zero attached hydrogens (tertiary/aromatic N) is 1. The van der Waals surface area contributed by atoms with Gasteiger partial charge < -0.3 is 0 Å². The molecule has 1 heterocycles. The zero-order chi connectivity index (χ0) is 17.9. The van der Waals surface area contributed by atoms with Crippen molar-refractivity contribution in [3.05, 3.63) is 65.5 Å². The van der Waals surface area contributed by atoms with Crippen molar-refractivity contribution < 1.29 is 0 Å². The van der Waals surface area contributed by atoms with E-state index in [0.29, 0.717) is 11.8 Å². The highest BCUT2D eigenvalue weighted by Gasteiger charge is 2.03. The molecule has 2 heteroatoms. The molecule has 24 heavy (non-hydrogen) atoms. The zero-order valence-electron chi connectivity index (χ0n) is 16.0. The molecule has 0 saturated heterocycles. The van der Waals surface area contributed by atoms with E-state index in [9.17, 15) is 0 Å². The number of hydrogen-bond acceptors (Lipinski definition) is 1. The summed E-state index contributed by atoms with van der Waals surface area (Å²) in [5, 5.41) is 0. The molecule has 0 aliphatic carbocycles. The second-order valence-electron chi connectivity index (χ2n) is 7.02. The first kappa shape index (κ1) is 20.5. The number of hydrogen-bond donors (Lipinski definition) is 0. The fourth-order valence-corrected chi connectivity index (χ4v) is 2.40. The summed E-state index contributed by atoms with van der Waals surface area (Å²) in [6, 6.07) is 12.6. The fraction of sp³-hybridized carbons (Fsp3) is 0.500. The van der Waals surface area contributed by atoms with E-state index >= 15 is 0 Å². The van der Waals surface area contributed by atoms with Gasteiger partial charge in [-0.3, -0.25) is 4.98 Å². The molecule has 0 bridgehead atoms. The van der Waals surface area contributed by atoms with Crippen molar-refractivity contribution in [1.29, 1.82) is 0 Å². The van der Waals surface area contributed by atoms with E-state index in [1.807, 2.05) is 30.6 Å². The minimum Gasteiger partial charge on any atom is -0.264 e. The summed E-state index contributed by atoms with van der Waals surface area (Å²) >= 11 is 0. The third-order valence-electron chi connectivity index (χ3n) is 4.21. The smallest absolute Gasteiger partial charge is 0.0763 e. The molecule has 1 aromatic heterocycles. The van der Waals surface area contributed by atoms with Crippen LogP contribution in [-0.2, 0) is 0 Å². The first-order valence-corrected chi connectivity index (χ1v) is 9.21. The lowest BCUT2D eigenvalue weighted by Crippen LogP contribution is -1.97.